The maximum atomic E-state index is 10.4. The van der Waals surface area contributed by atoms with Gasteiger partial charge in [0.05, 0.1) is 26.4 Å². The Bertz CT molecular complexity index is 729. The minimum absolute atomic E-state index is 0.129. The summed E-state index contributed by atoms with van der Waals surface area (Å²) in [7, 11) is 0. The second-order valence-electron chi connectivity index (χ2n) is 9.05. The van der Waals surface area contributed by atoms with Gasteiger partial charge in [0.15, 0.2) is 12.6 Å². The lowest BCUT2D eigenvalue weighted by molar-refractivity contribution is -0.388. The number of aliphatic hydroxyl groups is 10. The highest BCUT2D eigenvalue weighted by atomic mass is 16.8. The lowest BCUT2D eigenvalue weighted by Crippen LogP contribution is -2.63. The summed E-state index contributed by atoms with van der Waals surface area (Å²) in [5.41, 5.74) is 0. The fourth-order valence-corrected chi connectivity index (χ4v) is 4.27. The fraction of sp³-hybridized carbons (Fsp3) is 0.905. The molecule has 3 heterocycles. The van der Waals surface area contributed by atoms with Gasteiger partial charge in [0, 0.05) is 0 Å². The maximum absolute atomic E-state index is 10.4. The van der Waals surface area contributed by atoms with E-state index in [0.717, 1.165) is 0 Å². The molecule has 3 saturated heterocycles. The highest BCUT2D eigenvalue weighted by molar-refractivity contribution is 4.98. The summed E-state index contributed by atoms with van der Waals surface area (Å²) in [6, 6.07) is 0. The zero-order chi connectivity index (χ0) is 27.5. The lowest BCUT2D eigenvalue weighted by atomic mass is 9.98. The third kappa shape index (κ3) is 6.30. The van der Waals surface area contributed by atoms with Gasteiger partial charge in [0.25, 0.3) is 0 Å². The first-order valence-electron chi connectivity index (χ1n) is 11.6. The van der Waals surface area contributed by atoms with Gasteiger partial charge >= 0.3 is 0 Å². The molecule has 0 aromatic rings. The molecule has 37 heavy (non-hydrogen) atoms. The summed E-state index contributed by atoms with van der Waals surface area (Å²) in [5.74, 6) is -2.35. The molecular formula is C21H36O16. The molecule has 3 rings (SSSR count). The summed E-state index contributed by atoms with van der Waals surface area (Å²) >= 11 is 0. The average molecular weight is 545 g/mol. The Kier molecular flexibility index (Phi) is 10.7. The largest absolute Gasteiger partial charge is 0.394 e. The Labute approximate surface area is 211 Å². The van der Waals surface area contributed by atoms with Crippen LogP contribution in [-0.4, -0.2) is 170 Å². The molecule has 0 aromatic carbocycles. The van der Waals surface area contributed by atoms with Crippen molar-refractivity contribution in [3.63, 3.8) is 0 Å². The van der Waals surface area contributed by atoms with Gasteiger partial charge in [-0.15, -0.1) is 6.58 Å². The Balaban J connectivity index is 1.67. The molecule has 0 spiro atoms. The van der Waals surface area contributed by atoms with Crippen LogP contribution >= 0.6 is 0 Å². The van der Waals surface area contributed by atoms with Crippen LogP contribution in [0.15, 0.2) is 12.7 Å². The molecule has 0 aromatic heterocycles. The third-order valence-corrected chi connectivity index (χ3v) is 6.50. The summed E-state index contributed by atoms with van der Waals surface area (Å²) in [6.45, 7) is 1.04. The van der Waals surface area contributed by atoms with E-state index in [1.165, 1.54) is 6.08 Å². The summed E-state index contributed by atoms with van der Waals surface area (Å²) in [6.07, 6.45) is -19.8. The molecule has 2 unspecified atom stereocenters. The molecule has 14 atom stereocenters. The van der Waals surface area contributed by atoms with E-state index < -0.39 is 105 Å². The smallest absolute Gasteiger partial charge is 0.224 e. The molecule has 0 aliphatic carbocycles. The van der Waals surface area contributed by atoms with Crippen molar-refractivity contribution < 1.29 is 79.5 Å². The van der Waals surface area contributed by atoms with Crippen LogP contribution in [0.4, 0.5) is 0 Å². The van der Waals surface area contributed by atoms with Gasteiger partial charge in [-0.2, -0.15) is 0 Å². The molecule has 3 aliphatic heterocycles. The van der Waals surface area contributed by atoms with Gasteiger partial charge in [-0.3, -0.25) is 0 Å². The van der Waals surface area contributed by atoms with Crippen molar-refractivity contribution >= 4 is 0 Å². The van der Waals surface area contributed by atoms with E-state index >= 15 is 0 Å². The zero-order valence-corrected chi connectivity index (χ0v) is 19.7. The van der Waals surface area contributed by atoms with Crippen molar-refractivity contribution in [2.24, 2.45) is 0 Å². The monoisotopic (exact) mass is 544 g/mol. The van der Waals surface area contributed by atoms with E-state index in [-0.39, 0.29) is 13.2 Å². The first-order valence-corrected chi connectivity index (χ1v) is 11.6. The van der Waals surface area contributed by atoms with Crippen molar-refractivity contribution in [3.05, 3.63) is 12.7 Å². The number of hydrogen-bond donors (Lipinski definition) is 10. The molecule has 3 aliphatic rings. The predicted molar refractivity (Wildman–Crippen MR) is 115 cm³/mol. The van der Waals surface area contributed by atoms with Crippen molar-refractivity contribution in [2.45, 2.75) is 85.5 Å². The van der Waals surface area contributed by atoms with Crippen molar-refractivity contribution in [3.8, 4) is 0 Å². The molecule has 16 nitrogen and oxygen atoms in total. The lowest BCUT2D eigenvalue weighted by Gasteiger charge is -2.44. The topological polar surface area (TPSA) is 258 Å². The van der Waals surface area contributed by atoms with Crippen molar-refractivity contribution in [1.82, 2.24) is 0 Å². The van der Waals surface area contributed by atoms with E-state index in [1.54, 1.807) is 0 Å². The number of rotatable bonds is 11. The fourth-order valence-electron chi connectivity index (χ4n) is 4.27. The molecule has 0 amide bonds. The average Bonchev–Trinajstić information content (AvgIpc) is 3.13. The maximum Gasteiger partial charge on any atom is 0.224 e. The van der Waals surface area contributed by atoms with Gasteiger partial charge in [-0.05, 0) is 0 Å². The molecule has 16 heteroatoms. The summed E-state index contributed by atoms with van der Waals surface area (Å²) in [5, 5.41) is 101. The number of aliphatic hydroxyl groups excluding tert-OH is 10. The minimum atomic E-state index is -2.35. The standard InChI is InChI=1S/C21H36O16/c1-2-3-32-5-9-11(24)14(27)16(29)19(34-9)33-6-10-12(25)15(28)17(30)20(35-10)37-21(7-23)18(31)13(26)8(4-22)36-21/h2,8-20,22-31H,1,3-7H2/t8-,9-,10-,11+,12-,13-,14+,15+,16-,17-,18+,19?,20?,21+/m1/s1. The second-order valence-corrected chi connectivity index (χ2v) is 9.05. The van der Waals surface area contributed by atoms with Crippen LogP contribution in [0.5, 0.6) is 0 Å². The Hall–Kier alpha value is -0.900. The second kappa shape index (κ2) is 13.0. The first kappa shape index (κ1) is 30.6. The van der Waals surface area contributed by atoms with Crippen molar-refractivity contribution in [2.75, 3.05) is 33.0 Å². The Morgan fingerprint density at radius 2 is 1.27 bits per heavy atom. The van der Waals surface area contributed by atoms with Gasteiger partial charge in [-0.1, -0.05) is 6.08 Å². The zero-order valence-electron chi connectivity index (χ0n) is 19.7. The number of ether oxygens (including phenoxy) is 6. The molecule has 0 radical (unpaired) electrons. The molecule has 10 N–H and O–H groups in total. The number of hydrogen-bond acceptors (Lipinski definition) is 16. The molecule has 0 saturated carbocycles. The van der Waals surface area contributed by atoms with Crippen LogP contribution in [0, 0.1) is 0 Å². The van der Waals surface area contributed by atoms with Gasteiger partial charge in [0.2, 0.25) is 5.79 Å². The van der Waals surface area contributed by atoms with Crippen LogP contribution in [0.2, 0.25) is 0 Å². The van der Waals surface area contributed by atoms with E-state index in [4.69, 9.17) is 28.4 Å². The molecule has 216 valence electrons. The van der Waals surface area contributed by atoms with Gasteiger partial charge in [0.1, 0.15) is 73.8 Å². The normalized spacial score (nSPS) is 48.8. The highest BCUT2D eigenvalue weighted by Crippen LogP contribution is 2.36. The minimum Gasteiger partial charge on any atom is -0.394 e. The molecule has 0 bridgehead atoms. The SMILES string of the molecule is C=CCOC[C@H]1OC(OC[C@H]2OC(O[C@]3(CO)O[C@H](CO)[C@@H](O)[C@@H]3O)[C@H](O)[C@@H](O)[C@@H]2O)[C@H](O)[C@@H](O)[C@H]1O. The van der Waals surface area contributed by atoms with Crippen LogP contribution in [0.25, 0.3) is 0 Å². The molecule has 3 fully saturated rings. The van der Waals surface area contributed by atoms with Crippen LogP contribution in [0.1, 0.15) is 0 Å². The molecular weight excluding hydrogens is 508 g/mol. The van der Waals surface area contributed by atoms with Gasteiger partial charge < -0.3 is 79.5 Å². The predicted octanol–water partition coefficient (Wildman–Crippen LogP) is -6.36. The van der Waals surface area contributed by atoms with Gasteiger partial charge in [-0.25, -0.2) is 0 Å². The van der Waals surface area contributed by atoms with E-state index in [0.29, 0.717) is 0 Å². The van der Waals surface area contributed by atoms with Crippen LogP contribution in [0.3, 0.4) is 0 Å². The van der Waals surface area contributed by atoms with Crippen LogP contribution < -0.4 is 0 Å². The van der Waals surface area contributed by atoms with Crippen molar-refractivity contribution in [1.29, 1.82) is 0 Å². The van der Waals surface area contributed by atoms with E-state index in [9.17, 15) is 51.1 Å². The quantitative estimate of drug-likeness (QED) is 0.0856. The first-order chi connectivity index (χ1) is 17.5. The third-order valence-electron chi connectivity index (χ3n) is 6.50. The van der Waals surface area contributed by atoms with E-state index in [1.807, 2.05) is 0 Å². The highest BCUT2D eigenvalue weighted by Gasteiger charge is 2.58. The summed E-state index contributed by atoms with van der Waals surface area (Å²) in [4.78, 5) is 0. The Morgan fingerprint density at radius 3 is 1.81 bits per heavy atom. The Morgan fingerprint density at radius 1 is 0.703 bits per heavy atom. The van der Waals surface area contributed by atoms with E-state index in [2.05, 4.69) is 6.58 Å². The van der Waals surface area contributed by atoms with Crippen LogP contribution in [-0.2, 0) is 28.4 Å². The summed E-state index contributed by atoms with van der Waals surface area (Å²) < 4.78 is 32.2.